The van der Waals surface area contributed by atoms with E-state index in [0.717, 1.165) is 51.9 Å². The van der Waals surface area contributed by atoms with E-state index in [-0.39, 0.29) is 5.91 Å². The van der Waals surface area contributed by atoms with Gasteiger partial charge in [0, 0.05) is 32.7 Å². The quantitative estimate of drug-likeness (QED) is 0.747. The van der Waals surface area contributed by atoms with Gasteiger partial charge < -0.3 is 9.64 Å². The highest BCUT2D eigenvalue weighted by atomic mass is 16.5. The van der Waals surface area contributed by atoms with Crippen LogP contribution in [0.1, 0.15) is 25.3 Å². The number of benzene rings is 1. The molecule has 1 amide bonds. The van der Waals surface area contributed by atoms with Gasteiger partial charge in [0.05, 0.1) is 19.8 Å². The molecule has 0 saturated carbocycles. The van der Waals surface area contributed by atoms with Gasteiger partial charge in [-0.2, -0.15) is 0 Å². The summed E-state index contributed by atoms with van der Waals surface area (Å²) in [5.41, 5.74) is 1.20. The van der Waals surface area contributed by atoms with E-state index in [4.69, 9.17) is 4.74 Å². The normalized spacial score (nSPS) is 20.2. The third-order valence-corrected chi connectivity index (χ3v) is 5.64. The minimum Gasteiger partial charge on any atom is -0.379 e. The van der Waals surface area contributed by atoms with Gasteiger partial charge in [0.2, 0.25) is 5.91 Å². The summed E-state index contributed by atoms with van der Waals surface area (Å²) in [5.74, 6) is 1.02. The van der Waals surface area contributed by atoms with Gasteiger partial charge in [-0.15, -0.1) is 0 Å². The van der Waals surface area contributed by atoms with Crippen LogP contribution in [0.25, 0.3) is 0 Å². The van der Waals surface area contributed by atoms with Crippen molar-refractivity contribution in [1.82, 2.24) is 14.7 Å². The second kappa shape index (κ2) is 10.0. The van der Waals surface area contributed by atoms with Gasteiger partial charge in [0.25, 0.3) is 0 Å². The van der Waals surface area contributed by atoms with Crippen LogP contribution in [0.4, 0.5) is 0 Å². The van der Waals surface area contributed by atoms with Crippen molar-refractivity contribution in [3.05, 3.63) is 35.9 Å². The predicted octanol–water partition coefficient (Wildman–Crippen LogP) is 2.08. The maximum Gasteiger partial charge on any atom is 0.237 e. The van der Waals surface area contributed by atoms with Gasteiger partial charge >= 0.3 is 0 Å². The highest BCUT2D eigenvalue weighted by molar-refractivity contribution is 5.78. The molecule has 0 bridgehead atoms. The zero-order valence-corrected chi connectivity index (χ0v) is 16.1. The number of carbonyl (C=O) groups excluding carboxylic acids is 1. The summed E-state index contributed by atoms with van der Waals surface area (Å²) in [6.45, 7) is 11.3. The first-order valence-electron chi connectivity index (χ1n) is 10.1. The SMILES string of the molecule is CCN(Cc1ccccc1)C(=O)CN1CCC(CN2CCOCC2)CC1. The highest BCUT2D eigenvalue weighted by Gasteiger charge is 2.24. The molecule has 0 spiro atoms. The first kappa shape index (κ1) is 19.3. The summed E-state index contributed by atoms with van der Waals surface area (Å²) < 4.78 is 5.43. The average molecular weight is 360 g/mol. The Balaban J connectivity index is 1.40. The second-order valence-corrected chi connectivity index (χ2v) is 7.53. The maximum absolute atomic E-state index is 12.7. The number of nitrogens with zero attached hydrogens (tertiary/aromatic N) is 3. The lowest BCUT2D eigenvalue weighted by Crippen LogP contribution is -2.45. The van der Waals surface area contributed by atoms with E-state index in [1.807, 2.05) is 23.1 Å². The molecule has 0 unspecified atom stereocenters. The molecule has 26 heavy (non-hydrogen) atoms. The zero-order valence-electron chi connectivity index (χ0n) is 16.1. The molecule has 0 aliphatic carbocycles. The Morgan fingerprint density at radius 1 is 1.08 bits per heavy atom. The summed E-state index contributed by atoms with van der Waals surface area (Å²) in [4.78, 5) is 19.5. The number of carbonyl (C=O) groups is 1. The van der Waals surface area contributed by atoms with Crippen LogP contribution in [-0.2, 0) is 16.1 Å². The molecule has 144 valence electrons. The van der Waals surface area contributed by atoms with Gasteiger partial charge in [0.15, 0.2) is 0 Å². The number of rotatable bonds is 7. The number of likely N-dealkylation sites (tertiary alicyclic amines) is 1. The number of ether oxygens (including phenoxy) is 1. The molecule has 2 heterocycles. The van der Waals surface area contributed by atoms with Crippen LogP contribution in [0.2, 0.25) is 0 Å². The minimum absolute atomic E-state index is 0.253. The van der Waals surface area contributed by atoms with Crippen LogP contribution in [0.5, 0.6) is 0 Å². The van der Waals surface area contributed by atoms with Crippen LogP contribution in [0.15, 0.2) is 30.3 Å². The topological polar surface area (TPSA) is 36.0 Å². The standard InChI is InChI=1S/C21H33N3O2/c1-2-24(17-19-6-4-3-5-7-19)21(25)18-22-10-8-20(9-11-22)16-23-12-14-26-15-13-23/h3-7,20H,2,8-18H2,1H3. The number of hydrogen-bond donors (Lipinski definition) is 0. The predicted molar refractivity (Wildman–Crippen MR) is 104 cm³/mol. The van der Waals surface area contributed by atoms with Gasteiger partial charge in [-0.05, 0) is 44.3 Å². The number of likely N-dealkylation sites (N-methyl/N-ethyl adjacent to an activating group) is 1. The molecule has 5 nitrogen and oxygen atoms in total. The van der Waals surface area contributed by atoms with Crippen molar-refractivity contribution in [2.75, 3.05) is 59.0 Å². The van der Waals surface area contributed by atoms with Crippen LogP contribution < -0.4 is 0 Å². The molecule has 0 N–H and O–H groups in total. The van der Waals surface area contributed by atoms with E-state index >= 15 is 0 Å². The van der Waals surface area contributed by atoms with Crippen LogP contribution in [-0.4, -0.2) is 79.6 Å². The van der Waals surface area contributed by atoms with E-state index in [1.54, 1.807) is 0 Å². The molecule has 0 aromatic heterocycles. The van der Waals surface area contributed by atoms with Crippen molar-refractivity contribution in [3.8, 4) is 0 Å². The molecule has 0 atom stereocenters. The molecule has 3 rings (SSSR count). The number of hydrogen-bond acceptors (Lipinski definition) is 4. The smallest absolute Gasteiger partial charge is 0.237 e. The third-order valence-electron chi connectivity index (χ3n) is 5.64. The van der Waals surface area contributed by atoms with Gasteiger partial charge in [0.1, 0.15) is 0 Å². The third kappa shape index (κ3) is 5.79. The molecule has 2 fully saturated rings. The summed E-state index contributed by atoms with van der Waals surface area (Å²) in [5, 5.41) is 0. The fraction of sp³-hybridized carbons (Fsp3) is 0.667. The Morgan fingerprint density at radius 2 is 1.77 bits per heavy atom. The summed E-state index contributed by atoms with van der Waals surface area (Å²) >= 11 is 0. The Morgan fingerprint density at radius 3 is 2.42 bits per heavy atom. The number of amides is 1. The molecule has 5 heteroatoms. The monoisotopic (exact) mass is 359 g/mol. The van der Waals surface area contributed by atoms with Crippen molar-refractivity contribution in [2.24, 2.45) is 5.92 Å². The lowest BCUT2D eigenvalue weighted by Gasteiger charge is -2.36. The molecule has 2 saturated heterocycles. The van der Waals surface area contributed by atoms with E-state index < -0.39 is 0 Å². The molecular formula is C21H33N3O2. The molecular weight excluding hydrogens is 326 g/mol. The van der Waals surface area contributed by atoms with Crippen molar-refractivity contribution in [1.29, 1.82) is 0 Å². The lowest BCUT2D eigenvalue weighted by molar-refractivity contribution is -0.133. The second-order valence-electron chi connectivity index (χ2n) is 7.53. The van der Waals surface area contributed by atoms with Gasteiger partial charge in [-0.25, -0.2) is 0 Å². The van der Waals surface area contributed by atoms with Crippen molar-refractivity contribution in [3.63, 3.8) is 0 Å². The Bertz CT molecular complexity index is 537. The van der Waals surface area contributed by atoms with Crippen molar-refractivity contribution >= 4 is 5.91 Å². The minimum atomic E-state index is 0.253. The highest BCUT2D eigenvalue weighted by Crippen LogP contribution is 2.19. The Hall–Kier alpha value is -1.43. The molecule has 1 aromatic rings. The summed E-state index contributed by atoms with van der Waals surface area (Å²) in [6.07, 6.45) is 2.41. The number of morpholine rings is 1. The Labute approximate surface area is 157 Å². The van der Waals surface area contributed by atoms with E-state index in [1.165, 1.54) is 24.9 Å². The first-order valence-corrected chi connectivity index (χ1v) is 10.1. The van der Waals surface area contributed by atoms with Crippen LogP contribution in [0, 0.1) is 5.92 Å². The average Bonchev–Trinajstić information content (AvgIpc) is 2.69. The van der Waals surface area contributed by atoms with Gasteiger partial charge in [-0.3, -0.25) is 14.6 Å². The lowest BCUT2D eigenvalue weighted by atomic mass is 9.96. The Kier molecular flexibility index (Phi) is 7.47. The largest absolute Gasteiger partial charge is 0.379 e. The number of piperidine rings is 1. The molecule has 2 aliphatic heterocycles. The summed E-state index contributed by atoms with van der Waals surface area (Å²) in [7, 11) is 0. The summed E-state index contributed by atoms with van der Waals surface area (Å²) in [6, 6.07) is 10.3. The molecule has 0 radical (unpaired) electrons. The van der Waals surface area contributed by atoms with Gasteiger partial charge in [-0.1, -0.05) is 30.3 Å². The zero-order chi connectivity index (χ0) is 18.2. The van der Waals surface area contributed by atoms with E-state index in [2.05, 4.69) is 28.9 Å². The van der Waals surface area contributed by atoms with Crippen LogP contribution >= 0.6 is 0 Å². The van der Waals surface area contributed by atoms with Crippen molar-refractivity contribution in [2.45, 2.75) is 26.3 Å². The van der Waals surface area contributed by atoms with Crippen LogP contribution in [0.3, 0.4) is 0 Å². The first-order chi connectivity index (χ1) is 12.7. The van der Waals surface area contributed by atoms with Crippen molar-refractivity contribution < 1.29 is 9.53 Å². The van der Waals surface area contributed by atoms with E-state index in [0.29, 0.717) is 13.1 Å². The molecule has 1 aromatic carbocycles. The van der Waals surface area contributed by atoms with E-state index in [9.17, 15) is 4.79 Å². The fourth-order valence-electron chi connectivity index (χ4n) is 3.95. The maximum atomic E-state index is 12.7. The fourth-order valence-corrected chi connectivity index (χ4v) is 3.95. The molecule has 2 aliphatic rings.